The van der Waals surface area contributed by atoms with Crippen molar-refractivity contribution in [3.8, 4) is 0 Å². The Kier molecular flexibility index (Phi) is 4.33. The van der Waals surface area contributed by atoms with E-state index in [4.69, 9.17) is 0 Å². The normalized spacial score (nSPS) is 10.6. The standard InChI is InChI=1S/C18H19FO/c1-12-5-4-6-15(10-12)7-8-17(20)18-14(3)9-13(2)11-16(18)19/h4-6,9-11H,7-8H2,1-3H3. The first-order valence-electron chi connectivity index (χ1n) is 6.83. The Labute approximate surface area is 119 Å². The van der Waals surface area contributed by atoms with E-state index in [2.05, 4.69) is 6.07 Å². The van der Waals surface area contributed by atoms with Gasteiger partial charge in [-0.25, -0.2) is 4.39 Å². The molecule has 1 nitrogen and oxygen atoms in total. The third-order valence-electron chi connectivity index (χ3n) is 3.43. The van der Waals surface area contributed by atoms with Gasteiger partial charge in [0.2, 0.25) is 0 Å². The molecule has 0 heterocycles. The first-order valence-corrected chi connectivity index (χ1v) is 6.83. The second-order valence-corrected chi connectivity index (χ2v) is 5.35. The van der Waals surface area contributed by atoms with Gasteiger partial charge in [0.05, 0.1) is 5.56 Å². The highest BCUT2D eigenvalue weighted by molar-refractivity contribution is 5.97. The largest absolute Gasteiger partial charge is 0.294 e. The van der Waals surface area contributed by atoms with Crippen LogP contribution in [0.2, 0.25) is 0 Å². The summed E-state index contributed by atoms with van der Waals surface area (Å²) in [5.74, 6) is -0.529. The molecule has 0 aliphatic carbocycles. The van der Waals surface area contributed by atoms with E-state index in [0.29, 0.717) is 12.8 Å². The number of halogens is 1. The summed E-state index contributed by atoms with van der Waals surface area (Å²) in [4.78, 5) is 12.2. The smallest absolute Gasteiger partial charge is 0.166 e. The molecule has 0 spiro atoms. The fraction of sp³-hybridized carbons (Fsp3) is 0.278. The fourth-order valence-electron chi connectivity index (χ4n) is 2.52. The predicted molar refractivity (Wildman–Crippen MR) is 79.7 cm³/mol. The van der Waals surface area contributed by atoms with Crippen molar-refractivity contribution in [1.29, 1.82) is 0 Å². The van der Waals surface area contributed by atoms with Crippen LogP contribution < -0.4 is 0 Å². The second kappa shape index (κ2) is 6.00. The molecule has 2 heteroatoms. The molecule has 2 rings (SSSR count). The minimum atomic E-state index is -0.406. The summed E-state index contributed by atoms with van der Waals surface area (Å²) in [6.07, 6.45) is 0.984. The number of carbonyl (C=O) groups is 1. The van der Waals surface area contributed by atoms with E-state index in [1.165, 1.54) is 11.6 Å². The summed E-state index contributed by atoms with van der Waals surface area (Å²) in [7, 11) is 0. The molecule has 0 aliphatic heterocycles. The Morgan fingerprint density at radius 2 is 1.80 bits per heavy atom. The quantitative estimate of drug-likeness (QED) is 0.744. The van der Waals surface area contributed by atoms with Gasteiger partial charge in [0.1, 0.15) is 5.82 Å². The fourth-order valence-corrected chi connectivity index (χ4v) is 2.52. The van der Waals surface area contributed by atoms with Gasteiger partial charge in [-0.3, -0.25) is 4.79 Å². The number of carbonyl (C=O) groups excluding carboxylic acids is 1. The molecule has 2 aromatic carbocycles. The van der Waals surface area contributed by atoms with Crippen LogP contribution in [-0.4, -0.2) is 5.78 Å². The van der Waals surface area contributed by atoms with Crippen molar-refractivity contribution in [2.24, 2.45) is 0 Å². The van der Waals surface area contributed by atoms with Crippen molar-refractivity contribution >= 4 is 5.78 Å². The lowest BCUT2D eigenvalue weighted by atomic mass is 9.97. The predicted octanol–water partition coefficient (Wildman–Crippen LogP) is 4.57. The van der Waals surface area contributed by atoms with Gasteiger partial charge in [-0.05, 0) is 49.9 Å². The third kappa shape index (κ3) is 3.32. The zero-order valence-corrected chi connectivity index (χ0v) is 12.2. The Morgan fingerprint density at radius 1 is 1.05 bits per heavy atom. The number of hydrogen-bond acceptors (Lipinski definition) is 1. The molecule has 0 bridgehead atoms. The molecule has 2 aromatic rings. The topological polar surface area (TPSA) is 17.1 Å². The molecule has 0 saturated heterocycles. The first-order chi connectivity index (χ1) is 9.47. The molecule has 0 unspecified atom stereocenters. The number of rotatable bonds is 4. The van der Waals surface area contributed by atoms with E-state index >= 15 is 0 Å². The van der Waals surface area contributed by atoms with Crippen LogP contribution in [0.4, 0.5) is 4.39 Å². The van der Waals surface area contributed by atoms with Crippen LogP contribution in [0.1, 0.15) is 39.0 Å². The van der Waals surface area contributed by atoms with Crippen LogP contribution in [0.3, 0.4) is 0 Å². The lowest BCUT2D eigenvalue weighted by Crippen LogP contribution is -2.07. The maximum Gasteiger partial charge on any atom is 0.166 e. The monoisotopic (exact) mass is 270 g/mol. The average molecular weight is 270 g/mol. The molecule has 0 saturated carbocycles. The van der Waals surface area contributed by atoms with Crippen LogP contribution in [0.5, 0.6) is 0 Å². The maximum atomic E-state index is 13.9. The van der Waals surface area contributed by atoms with E-state index in [1.807, 2.05) is 38.1 Å². The third-order valence-corrected chi connectivity index (χ3v) is 3.43. The summed E-state index contributed by atoms with van der Waals surface area (Å²) in [5, 5.41) is 0. The van der Waals surface area contributed by atoms with Gasteiger partial charge in [0.15, 0.2) is 5.78 Å². The van der Waals surface area contributed by atoms with Gasteiger partial charge in [-0.15, -0.1) is 0 Å². The van der Waals surface area contributed by atoms with E-state index in [0.717, 1.165) is 16.7 Å². The molecule has 20 heavy (non-hydrogen) atoms. The minimum Gasteiger partial charge on any atom is -0.294 e. The van der Waals surface area contributed by atoms with Crippen molar-refractivity contribution in [2.45, 2.75) is 33.6 Å². The minimum absolute atomic E-state index is 0.124. The summed E-state index contributed by atoms with van der Waals surface area (Å²) in [5.41, 5.74) is 4.09. The number of hydrogen-bond donors (Lipinski definition) is 0. The average Bonchev–Trinajstić information content (AvgIpc) is 2.35. The van der Waals surface area contributed by atoms with Crippen molar-refractivity contribution < 1.29 is 9.18 Å². The SMILES string of the molecule is Cc1cccc(CCC(=O)c2c(C)cc(C)cc2F)c1. The zero-order chi connectivity index (χ0) is 14.7. The molecule has 0 aromatic heterocycles. The molecular weight excluding hydrogens is 251 g/mol. The van der Waals surface area contributed by atoms with E-state index in [9.17, 15) is 9.18 Å². The summed E-state index contributed by atoms with van der Waals surface area (Å²) in [6.45, 7) is 5.64. The lowest BCUT2D eigenvalue weighted by molar-refractivity contribution is 0.0978. The number of ketones is 1. The van der Waals surface area contributed by atoms with E-state index < -0.39 is 5.82 Å². The Morgan fingerprint density at radius 3 is 2.45 bits per heavy atom. The number of benzene rings is 2. The number of Topliss-reactive ketones (excluding diaryl/α,β-unsaturated/α-hetero) is 1. The maximum absolute atomic E-state index is 13.9. The van der Waals surface area contributed by atoms with E-state index in [-0.39, 0.29) is 11.3 Å². The van der Waals surface area contributed by atoms with Gasteiger partial charge in [-0.2, -0.15) is 0 Å². The summed E-state index contributed by atoms with van der Waals surface area (Å²) < 4.78 is 13.9. The molecule has 0 N–H and O–H groups in total. The van der Waals surface area contributed by atoms with Crippen LogP contribution in [0, 0.1) is 26.6 Å². The van der Waals surface area contributed by atoms with Crippen LogP contribution >= 0.6 is 0 Å². The van der Waals surface area contributed by atoms with Crippen molar-refractivity contribution in [3.05, 3.63) is 70.0 Å². The molecule has 0 fully saturated rings. The molecule has 0 radical (unpaired) electrons. The molecule has 104 valence electrons. The van der Waals surface area contributed by atoms with E-state index in [1.54, 1.807) is 6.92 Å². The summed E-state index contributed by atoms with van der Waals surface area (Å²) >= 11 is 0. The van der Waals surface area contributed by atoms with Crippen LogP contribution in [-0.2, 0) is 6.42 Å². The van der Waals surface area contributed by atoms with Crippen LogP contribution in [0.25, 0.3) is 0 Å². The second-order valence-electron chi connectivity index (χ2n) is 5.35. The zero-order valence-electron chi connectivity index (χ0n) is 12.2. The van der Waals surface area contributed by atoms with Gasteiger partial charge in [0, 0.05) is 6.42 Å². The van der Waals surface area contributed by atoms with Gasteiger partial charge in [-0.1, -0.05) is 35.9 Å². The molecule has 0 aliphatic rings. The molecule has 0 amide bonds. The lowest BCUT2D eigenvalue weighted by Gasteiger charge is -2.08. The van der Waals surface area contributed by atoms with Crippen molar-refractivity contribution in [2.75, 3.05) is 0 Å². The Balaban J connectivity index is 2.13. The van der Waals surface area contributed by atoms with Gasteiger partial charge < -0.3 is 0 Å². The highest BCUT2D eigenvalue weighted by atomic mass is 19.1. The summed E-state index contributed by atoms with van der Waals surface area (Å²) in [6, 6.07) is 11.3. The highest BCUT2D eigenvalue weighted by Gasteiger charge is 2.15. The first kappa shape index (κ1) is 14.4. The van der Waals surface area contributed by atoms with Gasteiger partial charge in [0.25, 0.3) is 0 Å². The highest BCUT2D eigenvalue weighted by Crippen LogP contribution is 2.18. The van der Waals surface area contributed by atoms with Crippen molar-refractivity contribution in [3.63, 3.8) is 0 Å². The number of aryl methyl sites for hydroxylation is 4. The Bertz CT molecular complexity index is 621. The van der Waals surface area contributed by atoms with Gasteiger partial charge >= 0.3 is 0 Å². The molecule has 0 atom stereocenters. The Hall–Kier alpha value is -1.96. The molecular formula is C18H19FO. The van der Waals surface area contributed by atoms with Crippen molar-refractivity contribution in [1.82, 2.24) is 0 Å². The van der Waals surface area contributed by atoms with Crippen LogP contribution in [0.15, 0.2) is 36.4 Å².